The van der Waals surface area contributed by atoms with Gasteiger partial charge in [0.05, 0.1) is 18.2 Å². The van der Waals surface area contributed by atoms with E-state index in [0.717, 1.165) is 11.3 Å². The molecule has 0 unspecified atom stereocenters. The van der Waals surface area contributed by atoms with Gasteiger partial charge in [-0.2, -0.15) is 5.26 Å². The van der Waals surface area contributed by atoms with E-state index in [1.54, 1.807) is 6.07 Å². The third kappa shape index (κ3) is 2.25. The maximum atomic E-state index is 8.63. The molecule has 0 aliphatic heterocycles. The van der Waals surface area contributed by atoms with Crippen LogP contribution in [0.15, 0.2) is 18.2 Å². The van der Waals surface area contributed by atoms with Crippen LogP contribution in [0.25, 0.3) is 0 Å². The lowest BCUT2D eigenvalue weighted by Gasteiger charge is -2.05. The molecule has 0 fully saturated rings. The van der Waals surface area contributed by atoms with Gasteiger partial charge in [0.2, 0.25) is 0 Å². The summed E-state index contributed by atoms with van der Waals surface area (Å²) >= 11 is 0. The zero-order chi connectivity index (χ0) is 9.68. The van der Waals surface area contributed by atoms with Crippen LogP contribution in [0.5, 0.6) is 0 Å². The molecule has 0 radical (unpaired) electrons. The van der Waals surface area contributed by atoms with Crippen molar-refractivity contribution >= 4 is 5.69 Å². The Morgan fingerprint density at radius 3 is 2.85 bits per heavy atom. The van der Waals surface area contributed by atoms with Crippen LogP contribution in [-0.2, 0) is 0 Å². The van der Waals surface area contributed by atoms with Gasteiger partial charge in [-0.15, -0.1) is 6.42 Å². The highest BCUT2D eigenvalue weighted by Gasteiger charge is 1.97. The molecule has 0 saturated carbocycles. The van der Waals surface area contributed by atoms with Crippen LogP contribution in [0.1, 0.15) is 11.1 Å². The lowest BCUT2D eigenvalue weighted by atomic mass is 10.1. The topological polar surface area (TPSA) is 35.8 Å². The molecule has 0 amide bonds. The van der Waals surface area contributed by atoms with E-state index < -0.39 is 0 Å². The fourth-order valence-corrected chi connectivity index (χ4v) is 1.08. The number of nitriles is 1. The highest BCUT2D eigenvalue weighted by atomic mass is 14.9. The number of nitrogens with one attached hydrogen (secondary N) is 1. The van der Waals surface area contributed by atoms with Gasteiger partial charge in [-0.25, -0.2) is 0 Å². The number of nitrogens with zero attached hydrogens (tertiary/aromatic N) is 1. The molecule has 13 heavy (non-hydrogen) atoms. The molecule has 1 rings (SSSR count). The summed E-state index contributed by atoms with van der Waals surface area (Å²) in [4.78, 5) is 0. The Balaban J connectivity index is 2.88. The van der Waals surface area contributed by atoms with E-state index in [1.165, 1.54) is 0 Å². The van der Waals surface area contributed by atoms with Crippen molar-refractivity contribution in [1.82, 2.24) is 0 Å². The minimum atomic E-state index is 0.507. The molecule has 2 nitrogen and oxygen atoms in total. The fourth-order valence-electron chi connectivity index (χ4n) is 1.08. The molecule has 0 bridgehead atoms. The van der Waals surface area contributed by atoms with Crippen molar-refractivity contribution in [3.05, 3.63) is 29.3 Å². The summed E-state index contributed by atoms with van der Waals surface area (Å²) in [7, 11) is 0. The molecular formula is C11H10N2. The van der Waals surface area contributed by atoms with Gasteiger partial charge in [0, 0.05) is 5.69 Å². The number of rotatable bonds is 2. The molecule has 1 N–H and O–H groups in total. The molecule has 0 saturated heterocycles. The Labute approximate surface area is 78.2 Å². The first-order valence-electron chi connectivity index (χ1n) is 3.96. The summed E-state index contributed by atoms with van der Waals surface area (Å²) in [6, 6.07) is 7.55. The Bertz CT molecular complexity index is 380. The van der Waals surface area contributed by atoms with E-state index in [0.29, 0.717) is 12.1 Å². The average Bonchev–Trinajstić information content (AvgIpc) is 2.16. The Hall–Kier alpha value is -1.93. The standard InChI is InChI=1S/C11H10N2/c1-3-6-13-11-5-4-10(8-12)7-9(11)2/h1,4-5,7,13H,6H2,2H3. The molecule has 0 aromatic heterocycles. The summed E-state index contributed by atoms with van der Waals surface area (Å²) in [5.41, 5.74) is 2.69. The Morgan fingerprint density at radius 1 is 1.54 bits per heavy atom. The molecule has 0 atom stereocenters. The molecule has 0 spiro atoms. The highest BCUT2D eigenvalue weighted by Crippen LogP contribution is 2.15. The first-order chi connectivity index (χ1) is 6.27. The lowest BCUT2D eigenvalue weighted by Crippen LogP contribution is -2.00. The van der Waals surface area contributed by atoms with Gasteiger partial charge >= 0.3 is 0 Å². The van der Waals surface area contributed by atoms with Gasteiger partial charge < -0.3 is 5.32 Å². The van der Waals surface area contributed by atoms with Gasteiger partial charge in [-0.05, 0) is 30.7 Å². The summed E-state index contributed by atoms with van der Waals surface area (Å²) in [5.74, 6) is 2.50. The van der Waals surface area contributed by atoms with E-state index in [9.17, 15) is 0 Å². The van der Waals surface area contributed by atoms with E-state index in [2.05, 4.69) is 17.3 Å². The second-order valence-corrected chi connectivity index (χ2v) is 2.70. The van der Waals surface area contributed by atoms with E-state index >= 15 is 0 Å². The predicted octanol–water partition coefficient (Wildman–Crippen LogP) is 1.91. The van der Waals surface area contributed by atoms with Crippen molar-refractivity contribution in [2.75, 3.05) is 11.9 Å². The van der Waals surface area contributed by atoms with Gasteiger partial charge in [0.1, 0.15) is 0 Å². The van der Waals surface area contributed by atoms with Crippen LogP contribution in [0, 0.1) is 30.6 Å². The lowest BCUT2D eigenvalue weighted by molar-refractivity contribution is 1.32. The molecule has 0 aliphatic carbocycles. The molecule has 1 aromatic rings. The normalized spacial score (nSPS) is 8.54. The van der Waals surface area contributed by atoms with Crippen molar-refractivity contribution in [3.8, 4) is 18.4 Å². The van der Waals surface area contributed by atoms with Gasteiger partial charge in [0.25, 0.3) is 0 Å². The predicted molar refractivity (Wildman–Crippen MR) is 53.2 cm³/mol. The van der Waals surface area contributed by atoms with Crippen LogP contribution in [-0.4, -0.2) is 6.54 Å². The fraction of sp³-hybridized carbons (Fsp3) is 0.182. The number of anilines is 1. The summed E-state index contributed by atoms with van der Waals surface area (Å²) in [6.45, 7) is 2.45. The quantitative estimate of drug-likeness (QED) is 0.688. The minimum absolute atomic E-state index is 0.507. The maximum Gasteiger partial charge on any atom is 0.0991 e. The summed E-state index contributed by atoms with van der Waals surface area (Å²) < 4.78 is 0. The molecular weight excluding hydrogens is 160 g/mol. The average molecular weight is 170 g/mol. The highest BCUT2D eigenvalue weighted by molar-refractivity contribution is 5.54. The zero-order valence-corrected chi connectivity index (χ0v) is 7.46. The smallest absolute Gasteiger partial charge is 0.0991 e. The van der Waals surface area contributed by atoms with Crippen LogP contribution in [0.4, 0.5) is 5.69 Å². The number of aryl methyl sites for hydroxylation is 1. The SMILES string of the molecule is C#CCNc1ccc(C#N)cc1C. The summed E-state index contributed by atoms with van der Waals surface area (Å²) in [5, 5.41) is 11.7. The molecule has 2 heteroatoms. The van der Waals surface area contributed by atoms with Crippen molar-refractivity contribution in [2.24, 2.45) is 0 Å². The molecule has 0 aliphatic rings. The largest absolute Gasteiger partial charge is 0.374 e. The monoisotopic (exact) mass is 170 g/mol. The zero-order valence-electron chi connectivity index (χ0n) is 7.46. The summed E-state index contributed by atoms with van der Waals surface area (Å²) in [6.07, 6.45) is 5.12. The Morgan fingerprint density at radius 2 is 2.31 bits per heavy atom. The van der Waals surface area contributed by atoms with E-state index in [-0.39, 0.29) is 0 Å². The van der Waals surface area contributed by atoms with Crippen LogP contribution in [0.3, 0.4) is 0 Å². The first kappa shape index (κ1) is 9.16. The van der Waals surface area contributed by atoms with Gasteiger partial charge in [-0.1, -0.05) is 5.92 Å². The Kier molecular flexibility index (Phi) is 2.95. The van der Waals surface area contributed by atoms with Crippen LogP contribution in [0.2, 0.25) is 0 Å². The second-order valence-electron chi connectivity index (χ2n) is 2.70. The van der Waals surface area contributed by atoms with Crippen molar-refractivity contribution in [1.29, 1.82) is 5.26 Å². The number of hydrogen-bond acceptors (Lipinski definition) is 2. The third-order valence-corrected chi connectivity index (χ3v) is 1.74. The van der Waals surface area contributed by atoms with Crippen LogP contribution < -0.4 is 5.32 Å². The number of terminal acetylenes is 1. The van der Waals surface area contributed by atoms with E-state index in [4.69, 9.17) is 11.7 Å². The second kappa shape index (κ2) is 4.18. The number of hydrogen-bond donors (Lipinski definition) is 1. The van der Waals surface area contributed by atoms with Crippen molar-refractivity contribution < 1.29 is 0 Å². The van der Waals surface area contributed by atoms with E-state index in [1.807, 2.05) is 19.1 Å². The van der Waals surface area contributed by atoms with Crippen LogP contribution >= 0.6 is 0 Å². The first-order valence-corrected chi connectivity index (χ1v) is 3.96. The maximum absolute atomic E-state index is 8.63. The molecule has 0 heterocycles. The van der Waals surface area contributed by atoms with Crippen molar-refractivity contribution in [2.45, 2.75) is 6.92 Å². The van der Waals surface area contributed by atoms with Gasteiger partial charge in [-0.3, -0.25) is 0 Å². The van der Waals surface area contributed by atoms with Crippen molar-refractivity contribution in [3.63, 3.8) is 0 Å². The number of benzene rings is 1. The minimum Gasteiger partial charge on any atom is -0.374 e. The molecule has 64 valence electrons. The van der Waals surface area contributed by atoms with Gasteiger partial charge in [0.15, 0.2) is 0 Å². The third-order valence-electron chi connectivity index (χ3n) is 1.74. The molecule has 1 aromatic carbocycles.